The van der Waals surface area contributed by atoms with Crippen molar-refractivity contribution in [2.24, 2.45) is 0 Å². The molecule has 0 unspecified atom stereocenters. The van der Waals surface area contributed by atoms with Crippen LogP contribution in [0.2, 0.25) is 0 Å². The van der Waals surface area contributed by atoms with Gasteiger partial charge in [0.05, 0.1) is 0 Å². The largest absolute Gasteiger partial charge is 0.126 e. The van der Waals surface area contributed by atoms with Crippen molar-refractivity contribution in [3.8, 4) is 0 Å². The lowest BCUT2D eigenvalue weighted by atomic mass is 9.95. The van der Waals surface area contributed by atoms with Gasteiger partial charge in [-0.3, -0.25) is 0 Å². The molecule has 0 aromatic rings. The standard InChI is InChI=1S/C13H21Cl/c1-12(8-7-11-14)13-9-5-3-2-4-6-10-13/h8-9H,2-7,10-11H2,1H3. The van der Waals surface area contributed by atoms with Crippen LogP contribution >= 0.6 is 11.6 Å². The number of allylic oxidation sites excluding steroid dienone is 4. The predicted molar refractivity (Wildman–Crippen MR) is 64.9 cm³/mol. The van der Waals surface area contributed by atoms with Gasteiger partial charge in [0, 0.05) is 5.88 Å². The molecular weight excluding hydrogens is 192 g/mol. The van der Waals surface area contributed by atoms with Crippen molar-refractivity contribution in [1.82, 2.24) is 0 Å². The summed E-state index contributed by atoms with van der Waals surface area (Å²) < 4.78 is 0. The van der Waals surface area contributed by atoms with Crippen molar-refractivity contribution in [1.29, 1.82) is 0 Å². The molecule has 0 fully saturated rings. The molecule has 1 heteroatoms. The zero-order chi connectivity index (χ0) is 10.2. The second-order valence-corrected chi connectivity index (χ2v) is 4.43. The Balaban J connectivity index is 2.53. The van der Waals surface area contributed by atoms with Crippen LogP contribution < -0.4 is 0 Å². The molecule has 0 heterocycles. The number of hydrogen-bond donors (Lipinski definition) is 0. The molecule has 0 saturated carbocycles. The Morgan fingerprint density at radius 3 is 2.93 bits per heavy atom. The Labute approximate surface area is 93.0 Å². The topological polar surface area (TPSA) is 0 Å². The molecule has 0 spiro atoms. The summed E-state index contributed by atoms with van der Waals surface area (Å²) in [6.45, 7) is 2.22. The van der Waals surface area contributed by atoms with Crippen LogP contribution in [0.4, 0.5) is 0 Å². The Bertz CT molecular complexity index is 213. The summed E-state index contributed by atoms with van der Waals surface area (Å²) in [6.07, 6.45) is 13.8. The Kier molecular flexibility index (Phi) is 6.02. The highest BCUT2D eigenvalue weighted by molar-refractivity contribution is 6.17. The molecule has 0 bridgehead atoms. The average molecular weight is 213 g/mol. The number of rotatable bonds is 3. The van der Waals surface area contributed by atoms with E-state index in [2.05, 4.69) is 19.1 Å². The molecule has 0 aliphatic heterocycles. The van der Waals surface area contributed by atoms with Gasteiger partial charge in [0.15, 0.2) is 0 Å². The molecule has 1 aliphatic rings. The Morgan fingerprint density at radius 1 is 1.36 bits per heavy atom. The van der Waals surface area contributed by atoms with E-state index < -0.39 is 0 Å². The van der Waals surface area contributed by atoms with E-state index in [4.69, 9.17) is 11.6 Å². The molecule has 80 valence electrons. The number of alkyl halides is 1. The number of hydrogen-bond acceptors (Lipinski definition) is 0. The first kappa shape index (κ1) is 11.8. The van der Waals surface area contributed by atoms with E-state index in [1.165, 1.54) is 44.1 Å². The lowest BCUT2D eigenvalue weighted by molar-refractivity contribution is 0.627. The fourth-order valence-corrected chi connectivity index (χ4v) is 2.06. The second kappa shape index (κ2) is 7.11. The highest BCUT2D eigenvalue weighted by Gasteiger charge is 2.03. The van der Waals surface area contributed by atoms with Crippen LogP contribution in [-0.4, -0.2) is 5.88 Å². The van der Waals surface area contributed by atoms with Crippen LogP contribution in [0.3, 0.4) is 0 Å². The monoisotopic (exact) mass is 212 g/mol. The molecule has 1 aliphatic carbocycles. The maximum atomic E-state index is 5.68. The normalized spacial score (nSPS) is 19.9. The van der Waals surface area contributed by atoms with Crippen molar-refractivity contribution in [3.05, 3.63) is 23.3 Å². The highest BCUT2D eigenvalue weighted by Crippen LogP contribution is 2.22. The van der Waals surface area contributed by atoms with Gasteiger partial charge in [-0.05, 0) is 44.6 Å². The van der Waals surface area contributed by atoms with Gasteiger partial charge < -0.3 is 0 Å². The summed E-state index contributed by atoms with van der Waals surface area (Å²) in [7, 11) is 0. The zero-order valence-electron chi connectivity index (χ0n) is 9.19. The van der Waals surface area contributed by atoms with Crippen molar-refractivity contribution in [2.45, 2.75) is 51.9 Å². The van der Waals surface area contributed by atoms with Crippen molar-refractivity contribution in [3.63, 3.8) is 0 Å². The molecule has 0 radical (unpaired) electrons. The molecule has 0 saturated heterocycles. The van der Waals surface area contributed by atoms with Gasteiger partial charge in [-0.15, -0.1) is 11.6 Å². The van der Waals surface area contributed by atoms with Gasteiger partial charge in [-0.2, -0.15) is 0 Å². The van der Waals surface area contributed by atoms with E-state index in [0.717, 1.165) is 12.3 Å². The minimum atomic E-state index is 0.741. The summed E-state index contributed by atoms with van der Waals surface area (Å²) in [5.41, 5.74) is 3.02. The van der Waals surface area contributed by atoms with Crippen molar-refractivity contribution >= 4 is 11.6 Å². The van der Waals surface area contributed by atoms with Gasteiger partial charge >= 0.3 is 0 Å². The number of halogens is 1. The van der Waals surface area contributed by atoms with Crippen LogP contribution in [0.25, 0.3) is 0 Å². The Morgan fingerprint density at radius 2 is 2.14 bits per heavy atom. The van der Waals surface area contributed by atoms with Crippen molar-refractivity contribution < 1.29 is 0 Å². The third-order valence-corrected chi connectivity index (χ3v) is 3.08. The van der Waals surface area contributed by atoms with Crippen LogP contribution in [0.1, 0.15) is 51.9 Å². The fourth-order valence-electron chi connectivity index (χ4n) is 1.95. The fraction of sp³-hybridized carbons (Fsp3) is 0.692. The predicted octanol–water partition coefficient (Wildman–Crippen LogP) is 4.84. The SMILES string of the molecule is CC(=CCCCl)C1=CCCCCCC1. The third-order valence-electron chi connectivity index (χ3n) is 2.86. The quantitative estimate of drug-likeness (QED) is 0.588. The second-order valence-electron chi connectivity index (χ2n) is 4.05. The minimum absolute atomic E-state index is 0.741. The minimum Gasteiger partial charge on any atom is -0.126 e. The molecule has 1 rings (SSSR count). The lowest BCUT2D eigenvalue weighted by Gasteiger charge is -2.11. The van der Waals surface area contributed by atoms with Gasteiger partial charge in [-0.1, -0.05) is 30.6 Å². The maximum absolute atomic E-state index is 5.68. The molecule has 0 nitrogen and oxygen atoms in total. The lowest BCUT2D eigenvalue weighted by Crippen LogP contribution is -1.92. The van der Waals surface area contributed by atoms with Crippen molar-refractivity contribution in [2.75, 3.05) is 5.88 Å². The van der Waals surface area contributed by atoms with Gasteiger partial charge in [0.25, 0.3) is 0 Å². The van der Waals surface area contributed by atoms with Crippen LogP contribution in [0.5, 0.6) is 0 Å². The highest BCUT2D eigenvalue weighted by atomic mass is 35.5. The van der Waals surface area contributed by atoms with Crippen LogP contribution in [0, 0.1) is 0 Å². The average Bonchev–Trinajstić information content (AvgIpc) is 2.13. The maximum Gasteiger partial charge on any atom is 0.0258 e. The third kappa shape index (κ3) is 4.32. The molecular formula is C13H21Cl. The summed E-state index contributed by atoms with van der Waals surface area (Å²) in [5, 5.41) is 0. The van der Waals surface area contributed by atoms with Crippen LogP contribution in [-0.2, 0) is 0 Å². The van der Waals surface area contributed by atoms with Gasteiger partial charge in [-0.25, -0.2) is 0 Å². The Hall–Kier alpha value is -0.230. The van der Waals surface area contributed by atoms with E-state index >= 15 is 0 Å². The molecule has 0 amide bonds. The van der Waals surface area contributed by atoms with Crippen LogP contribution in [0.15, 0.2) is 23.3 Å². The molecule has 14 heavy (non-hydrogen) atoms. The van der Waals surface area contributed by atoms with E-state index in [-0.39, 0.29) is 0 Å². The zero-order valence-corrected chi connectivity index (χ0v) is 9.95. The smallest absolute Gasteiger partial charge is 0.0258 e. The van der Waals surface area contributed by atoms with E-state index in [9.17, 15) is 0 Å². The van der Waals surface area contributed by atoms with E-state index in [0.29, 0.717) is 0 Å². The first-order chi connectivity index (χ1) is 6.84. The first-order valence-electron chi connectivity index (χ1n) is 5.76. The molecule has 0 N–H and O–H groups in total. The first-order valence-corrected chi connectivity index (χ1v) is 6.30. The molecule has 0 atom stereocenters. The van der Waals surface area contributed by atoms with E-state index in [1.54, 1.807) is 5.57 Å². The van der Waals surface area contributed by atoms with Gasteiger partial charge in [0.2, 0.25) is 0 Å². The summed E-state index contributed by atoms with van der Waals surface area (Å²) in [6, 6.07) is 0. The molecule has 0 aromatic carbocycles. The summed E-state index contributed by atoms with van der Waals surface area (Å²) >= 11 is 5.68. The summed E-state index contributed by atoms with van der Waals surface area (Å²) in [4.78, 5) is 0. The molecule has 0 aromatic heterocycles. The van der Waals surface area contributed by atoms with E-state index in [1.807, 2.05) is 0 Å². The summed E-state index contributed by atoms with van der Waals surface area (Å²) in [5.74, 6) is 0.741. The van der Waals surface area contributed by atoms with Gasteiger partial charge in [0.1, 0.15) is 0 Å².